The average Bonchev–Trinajstić information content (AvgIpc) is 2.58. The van der Waals surface area contributed by atoms with Gasteiger partial charge < -0.3 is 15.0 Å². The Bertz CT molecular complexity index is 683. The summed E-state index contributed by atoms with van der Waals surface area (Å²) in [5.41, 5.74) is 0.779. The van der Waals surface area contributed by atoms with Crippen molar-refractivity contribution in [2.24, 2.45) is 0 Å². The van der Waals surface area contributed by atoms with Gasteiger partial charge >= 0.3 is 6.03 Å². The third kappa shape index (κ3) is 3.68. The van der Waals surface area contributed by atoms with Crippen LogP contribution in [0, 0.1) is 0 Å². The SMILES string of the molecule is O=C(NCc1ccc(S(=O)(=O)N2CCOCC2)cc1)N1CC(F)C1. The van der Waals surface area contributed by atoms with Crippen LogP contribution >= 0.6 is 0 Å². The van der Waals surface area contributed by atoms with Crippen LogP contribution in [0.1, 0.15) is 5.56 Å². The molecule has 0 aliphatic carbocycles. The average molecular weight is 357 g/mol. The van der Waals surface area contributed by atoms with Gasteiger partial charge in [0.15, 0.2) is 0 Å². The highest BCUT2D eigenvalue weighted by atomic mass is 32.2. The second kappa shape index (κ2) is 7.04. The summed E-state index contributed by atoms with van der Waals surface area (Å²) in [4.78, 5) is 13.3. The molecule has 1 aromatic rings. The lowest BCUT2D eigenvalue weighted by molar-refractivity contribution is 0.0730. The van der Waals surface area contributed by atoms with Crippen molar-refractivity contribution in [3.63, 3.8) is 0 Å². The molecule has 2 fully saturated rings. The first-order valence-electron chi connectivity index (χ1n) is 7.80. The Labute approximate surface area is 140 Å². The number of hydrogen-bond donors (Lipinski definition) is 1. The van der Waals surface area contributed by atoms with Crippen LogP contribution < -0.4 is 5.32 Å². The topological polar surface area (TPSA) is 79.0 Å². The number of morpholine rings is 1. The van der Waals surface area contributed by atoms with Crippen molar-refractivity contribution >= 4 is 16.1 Å². The summed E-state index contributed by atoms with van der Waals surface area (Å²) in [7, 11) is -3.51. The van der Waals surface area contributed by atoms with E-state index in [2.05, 4.69) is 5.32 Å². The van der Waals surface area contributed by atoms with Crippen LogP contribution in [0.15, 0.2) is 29.2 Å². The molecule has 0 aromatic heterocycles. The number of carbonyl (C=O) groups excluding carboxylic acids is 1. The lowest BCUT2D eigenvalue weighted by Gasteiger charge is -2.34. The third-order valence-electron chi connectivity index (χ3n) is 4.10. The van der Waals surface area contributed by atoms with E-state index >= 15 is 0 Å². The minimum absolute atomic E-state index is 0.128. The van der Waals surface area contributed by atoms with Gasteiger partial charge in [-0.15, -0.1) is 0 Å². The summed E-state index contributed by atoms with van der Waals surface area (Å²) in [6.07, 6.45) is -0.930. The predicted octanol–water partition coefficient (Wildman–Crippen LogP) is 0.571. The van der Waals surface area contributed by atoms with Crippen LogP contribution in [0.5, 0.6) is 0 Å². The Morgan fingerprint density at radius 1 is 1.21 bits per heavy atom. The maximum absolute atomic E-state index is 12.7. The van der Waals surface area contributed by atoms with Gasteiger partial charge in [0.05, 0.1) is 31.2 Å². The molecule has 2 aliphatic heterocycles. The molecule has 1 N–H and O–H groups in total. The number of urea groups is 1. The lowest BCUT2D eigenvalue weighted by Crippen LogP contribution is -2.54. The number of benzene rings is 1. The van der Waals surface area contributed by atoms with Crippen molar-refractivity contribution in [3.05, 3.63) is 29.8 Å². The van der Waals surface area contributed by atoms with E-state index < -0.39 is 16.2 Å². The van der Waals surface area contributed by atoms with E-state index in [0.717, 1.165) is 5.56 Å². The van der Waals surface area contributed by atoms with Gasteiger partial charge in [-0.1, -0.05) is 12.1 Å². The van der Waals surface area contributed by atoms with Gasteiger partial charge in [0, 0.05) is 19.6 Å². The monoisotopic (exact) mass is 357 g/mol. The van der Waals surface area contributed by atoms with Crippen molar-refractivity contribution in [1.29, 1.82) is 0 Å². The largest absolute Gasteiger partial charge is 0.379 e. The van der Waals surface area contributed by atoms with Crippen LogP contribution in [0.4, 0.5) is 9.18 Å². The number of nitrogens with one attached hydrogen (secondary N) is 1. The van der Waals surface area contributed by atoms with Gasteiger partial charge in [0.1, 0.15) is 6.17 Å². The summed E-state index contributed by atoms with van der Waals surface area (Å²) in [5.74, 6) is 0. The first kappa shape index (κ1) is 17.1. The Morgan fingerprint density at radius 3 is 2.42 bits per heavy atom. The summed E-state index contributed by atoms with van der Waals surface area (Å²) in [5, 5.41) is 2.69. The number of carbonyl (C=O) groups is 1. The van der Waals surface area contributed by atoms with Crippen LogP contribution in [-0.2, 0) is 21.3 Å². The van der Waals surface area contributed by atoms with Gasteiger partial charge in [-0.25, -0.2) is 17.6 Å². The molecule has 24 heavy (non-hydrogen) atoms. The molecule has 7 nitrogen and oxygen atoms in total. The Morgan fingerprint density at radius 2 is 1.83 bits per heavy atom. The second-order valence-corrected chi connectivity index (χ2v) is 7.76. The molecule has 0 radical (unpaired) electrons. The minimum Gasteiger partial charge on any atom is -0.379 e. The molecule has 2 saturated heterocycles. The first-order chi connectivity index (χ1) is 11.5. The quantitative estimate of drug-likeness (QED) is 0.855. The summed E-state index contributed by atoms with van der Waals surface area (Å²) < 4.78 is 44.3. The lowest BCUT2D eigenvalue weighted by atomic mass is 10.2. The van der Waals surface area contributed by atoms with Crippen LogP contribution in [0.2, 0.25) is 0 Å². The van der Waals surface area contributed by atoms with Crippen LogP contribution in [0.25, 0.3) is 0 Å². The molecule has 0 unspecified atom stereocenters. The number of likely N-dealkylation sites (tertiary alicyclic amines) is 1. The molecule has 1 aromatic carbocycles. The molecule has 3 rings (SSSR count). The van der Waals surface area contributed by atoms with E-state index in [-0.39, 0.29) is 30.6 Å². The Hall–Kier alpha value is -1.71. The van der Waals surface area contributed by atoms with Crippen molar-refractivity contribution in [1.82, 2.24) is 14.5 Å². The van der Waals surface area contributed by atoms with Gasteiger partial charge in [-0.05, 0) is 17.7 Å². The maximum Gasteiger partial charge on any atom is 0.317 e. The van der Waals surface area contributed by atoms with Crippen molar-refractivity contribution in [2.75, 3.05) is 39.4 Å². The van der Waals surface area contributed by atoms with E-state index in [0.29, 0.717) is 26.3 Å². The number of ether oxygens (including phenoxy) is 1. The van der Waals surface area contributed by atoms with Crippen LogP contribution in [0.3, 0.4) is 0 Å². The molecule has 2 aliphatic rings. The molecule has 0 bridgehead atoms. The van der Waals surface area contributed by atoms with Gasteiger partial charge in [-0.2, -0.15) is 4.31 Å². The molecule has 132 valence electrons. The number of sulfonamides is 1. The second-order valence-electron chi connectivity index (χ2n) is 5.82. The van der Waals surface area contributed by atoms with Gasteiger partial charge in [-0.3, -0.25) is 0 Å². The predicted molar refractivity (Wildman–Crippen MR) is 84.7 cm³/mol. The highest BCUT2D eigenvalue weighted by Crippen LogP contribution is 2.18. The molecule has 2 amide bonds. The Balaban J connectivity index is 1.57. The van der Waals surface area contributed by atoms with E-state index in [9.17, 15) is 17.6 Å². The van der Waals surface area contributed by atoms with Crippen molar-refractivity contribution in [2.45, 2.75) is 17.6 Å². The molecule has 9 heteroatoms. The smallest absolute Gasteiger partial charge is 0.317 e. The number of rotatable bonds is 4. The third-order valence-corrected chi connectivity index (χ3v) is 6.01. The van der Waals surface area contributed by atoms with E-state index in [1.165, 1.54) is 21.3 Å². The number of nitrogens with zero attached hydrogens (tertiary/aromatic N) is 2. The van der Waals surface area contributed by atoms with E-state index in [1.54, 1.807) is 12.1 Å². The van der Waals surface area contributed by atoms with Gasteiger partial charge in [0.2, 0.25) is 10.0 Å². The number of alkyl halides is 1. The minimum atomic E-state index is -3.51. The highest BCUT2D eigenvalue weighted by Gasteiger charge is 2.30. The number of amides is 2. The number of halogens is 1. The normalized spacial score (nSPS) is 19.8. The summed E-state index contributed by atoms with van der Waals surface area (Å²) in [6.45, 7) is 2.03. The molecule has 0 atom stereocenters. The van der Waals surface area contributed by atoms with Crippen molar-refractivity contribution in [3.8, 4) is 0 Å². The van der Waals surface area contributed by atoms with Crippen LogP contribution in [-0.4, -0.2) is 69.2 Å². The maximum atomic E-state index is 12.7. The van der Waals surface area contributed by atoms with Crippen molar-refractivity contribution < 1.29 is 22.3 Å². The standard InChI is InChI=1S/C15H20FN3O4S/c16-13-10-18(11-13)15(20)17-9-12-1-3-14(4-2-12)24(21,22)19-5-7-23-8-6-19/h1-4,13H,5-11H2,(H,17,20). The zero-order valence-corrected chi connectivity index (χ0v) is 14.0. The Kier molecular flexibility index (Phi) is 5.02. The number of hydrogen-bond acceptors (Lipinski definition) is 4. The molecule has 0 saturated carbocycles. The van der Waals surface area contributed by atoms with Gasteiger partial charge in [0.25, 0.3) is 0 Å². The summed E-state index contributed by atoms with van der Waals surface area (Å²) >= 11 is 0. The summed E-state index contributed by atoms with van der Waals surface area (Å²) in [6, 6.07) is 6.10. The van der Waals surface area contributed by atoms with E-state index in [1.807, 2.05) is 0 Å². The molecular formula is C15H20FN3O4S. The fraction of sp³-hybridized carbons (Fsp3) is 0.533. The first-order valence-corrected chi connectivity index (χ1v) is 9.24. The van der Waals surface area contributed by atoms with E-state index in [4.69, 9.17) is 4.74 Å². The highest BCUT2D eigenvalue weighted by molar-refractivity contribution is 7.89. The fourth-order valence-corrected chi connectivity index (χ4v) is 4.00. The molecular weight excluding hydrogens is 337 g/mol. The zero-order valence-electron chi connectivity index (χ0n) is 13.2. The zero-order chi connectivity index (χ0) is 17.2. The fourth-order valence-electron chi connectivity index (χ4n) is 2.60. The molecule has 0 spiro atoms. The molecule has 2 heterocycles.